The van der Waals surface area contributed by atoms with Gasteiger partial charge in [0.25, 0.3) is 11.8 Å². The molecule has 0 spiro atoms. The highest BCUT2D eigenvalue weighted by molar-refractivity contribution is 6.42. The summed E-state index contributed by atoms with van der Waals surface area (Å²) in [7, 11) is 3.03. The second-order valence-electron chi connectivity index (χ2n) is 5.35. The van der Waals surface area contributed by atoms with Crippen molar-refractivity contribution in [1.29, 1.82) is 0 Å². The Morgan fingerprint density at radius 1 is 1.00 bits per heavy atom. The molecule has 0 radical (unpaired) electrons. The summed E-state index contributed by atoms with van der Waals surface area (Å²) in [4.78, 5) is 25.0. The van der Waals surface area contributed by atoms with Crippen molar-refractivity contribution in [3.8, 4) is 11.5 Å². The van der Waals surface area contributed by atoms with E-state index in [9.17, 15) is 9.59 Å². The first-order chi connectivity index (χ1) is 12.4. The first-order valence-corrected chi connectivity index (χ1v) is 8.24. The van der Waals surface area contributed by atoms with E-state index in [2.05, 4.69) is 5.43 Å². The number of nitrogens with one attached hydrogen (secondary N) is 1. The van der Waals surface area contributed by atoms with E-state index >= 15 is 0 Å². The van der Waals surface area contributed by atoms with Crippen LogP contribution in [0.3, 0.4) is 0 Å². The van der Waals surface area contributed by atoms with Gasteiger partial charge in [0.2, 0.25) is 0 Å². The topological polar surface area (TPSA) is 67.9 Å². The number of benzene rings is 2. The predicted octanol–water partition coefficient (Wildman–Crippen LogP) is 3.47. The van der Waals surface area contributed by atoms with E-state index in [1.54, 1.807) is 30.3 Å². The molecule has 0 unspecified atom stereocenters. The minimum absolute atomic E-state index is 0.0392. The van der Waals surface area contributed by atoms with Crippen LogP contribution in [0.1, 0.15) is 5.56 Å². The number of ether oxygens (including phenoxy) is 2. The highest BCUT2D eigenvalue weighted by Crippen LogP contribution is 2.31. The number of hydrazine groups is 1. The van der Waals surface area contributed by atoms with Crippen molar-refractivity contribution in [2.24, 2.45) is 0 Å². The Morgan fingerprint density at radius 3 is 2.42 bits per heavy atom. The van der Waals surface area contributed by atoms with Crippen LogP contribution in [-0.2, 0) is 9.59 Å². The summed E-state index contributed by atoms with van der Waals surface area (Å²) in [6.45, 7) is 0. The molecule has 6 nitrogen and oxygen atoms in total. The van der Waals surface area contributed by atoms with Gasteiger partial charge in [-0.25, -0.2) is 5.01 Å². The molecule has 134 valence electrons. The third kappa shape index (κ3) is 3.34. The second kappa shape index (κ2) is 7.27. The van der Waals surface area contributed by atoms with Crippen LogP contribution >= 0.6 is 23.2 Å². The van der Waals surface area contributed by atoms with Crippen molar-refractivity contribution in [3.63, 3.8) is 0 Å². The highest BCUT2D eigenvalue weighted by atomic mass is 35.5. The van der Waals surface area contributed by atoms with Gasteiger partial charge in [-0.15, -0.1) is 0 Å². The molecule has 1 N–H and O–H groups in total. The SMILES string of the molecule is COc1ccc(OC)c(/C=C2\C(=O)NN(c3ccc(Cl)c(Cl)c3)C2=O)c1. The van der Waals surface area contributed by atoms with E-state index in [-0.39, 0.29) is 10.6 Å². The third-order valence-corrected chi connectivity index (χ3v) is 4.53. The minimum Gasteiger partial charge on any atom is -0.497 e. The van der Waals surface area contributed by atoms with Gasteiger partial charge in [0.15, 0.2) is 0 Å². The fraction of sp³-hybridized carbons (Fsp3) is 0.111. The summed E-state index contributed by atoms with van der Waals surface area (Å²) in [5, 5.41) is 1.74. The number of rotatable bonds is 4. The van der Waals surface area contributed by atoms with Gasteiger partial charge in [0.1, 0.15) is 17.1 Å². The Balaban J connectivity index is 1.99. The summed E-state index contributed by atoms with van der Waals surface area (Å²) in [5.41, 5.74) is 3.41. The van der Waals surface area contributed by atoms with Gasteiger partial charge in [-0.2, -0.15) is 0 Å². The van der Waals surface area contributed by atoms with Gasteiger partial charge < -0.3 is 9.47 Å². The normalized spacial score (nSPS) is 15.4. The summed E-state index contributed by atoms with van der Waals surface area (Å²) in [5.74, 6) is 0.0286. The third-order valence-electron chi connectivity index (χ3n) is 3.79. The summed E-state index contributed by atoms with van der Waals surface area (Å²) < 4.78 is 10.5. The molecular weight excluding hydrogens is 379 g/mol. The molecule has 0 atom stereocenters. The van der Waals surface area contributed by atoms with E-state index in [1.165, 1.54) is 26.4 Å². The zero-order chi connectivity index (χ0) is 18.8. The Labute approximate surface area is 159 Å². The molecule has 3 rings (SSSR count). The Kier molecular flexibility index (Phi) is 5.06. The van der Waals surface area contributed by atoms with E-state index in [0.29, 0.717) is 27.8 Å². The maximum Gasteiger partial charge on any atom is 0.282 e. The van der Waals surface area contributed by atoms with Gasteiger partial charge in [-0.1, -0.05) is 23.2 Å². The number of halogens is 2. The first kappa shape index (κ1) is 18.1. The molecule has 2 aromatic rings. The van der Waals surface area contributed by atoms with Crippen molar-refractivity contribution in [2.45, 2.75) is 0 Å². The van der Waals surface area contributed by atoms with E-state index < -0.39 is 11.8 Å². The van der Waals surface area contributed by atoms with Gasteiger partial charge in [0, 0.05) is 5.56 Å². The largest absolute Gasteiger partial charge is 0.497 e. The molecule has 0 aliphatic carbocycles. The maximum absolute atomic E-state index is 12.7. The number of anilines is 1. The van der Waals surface area contributed by atoms with Gasteiger partial charge in [-0.3, -0.25) is 15.0 Å². The van der Waals surface area contributed by atoms with Crippen molar-refractivity contribution < 1.29 is 19.1 Å². The number of hydrogen-bond acceptors (Lipinski definition) is 4. The smallest absolute Gasteiger partial charge is 0.282 e. The second-order valence-corrected chi connectivity index (χ2v) is 6.16. The zero-order valence-electron chi connectivity index (χ0n) is 13.9. The average molecular weight is 393 g/mol. The van der Waals surface area contributed by atoms with Crippen molar-refractivity contribution in [1.82, 2.24) is 5.43 Å². The Hall–Kier alpha value is -2.70. The highest BCUT2D eigenvalue weighted by Gasteiger charge is 2.34. The van der Waals surface area contributed by atoms with Crippen molar-refractivity contribution >= 4 is 46.8 Å². The first-order valence-electron chi connectivity index (χ1n) is 7.49. The number of nitrogens with zero attached hydrogens (tertiary/aromatic N) is 1. The molecule has 1 aliphatic heterocycles. The fourth-order valence-electron chi connectivity index (χ4n) is 2.47. The fourth-order valence-corrected chi connectivity index (χ4v) is 2.76. The van der Waals surface area contributed by atoms with E-state index in [0.717, 1.165) is 5.01 Å². The van der Waals surface area contributed by atoms with Crippen LogP contribution in [-0.4, -0.2) is 26.0 Å². The lowest BCUT2D eigenvalue weighted by Crippen LogP contribution is -2.35. The van der Waals surface area contributed by atoms with Crippen LogP contribution in [0.15, 0.2) is 42.0 Å². The molecule has 8 heteroatoms. The standard InChI is InChI=1S/C18H14Cl2N2O4/c1-25-12-4-6-16(26-2)10(7-12)8-13-17(23)21-22(18(13)24)11-3-5-14(19)15(20)9-11/h3-9H,1-2H3,(H,21,23)/b13-8+. The quantitative estimate of drug-likeness (QED) is 0.638. The Morgan fingerprint density at radius 2 is 1.77 bits per heavy atom. The molecule has 0 aromatic heterocycles. The molecule has 2 amide bonds. The van der Waals surface area contributed by atoms with Crippen molar-refractivity contribution in [2.75, 3.05) is 19.2 Å². The number of amides is 2. The summed E-state index contributed by atoms with van der Waals surface area (Å²) in [6, 6.07) is 9.72. The predicted molar refractivity (Wildman–Crippen MR) is 99.6 cm³/mol. The summed E-state index contributed by atoms with van der Waals surface area (Å²) in [6.07, 6.45) is 1.45. The van der Waals surface area contributed by atoms with Crippen LogP contribution in [0.25, 0.3) is 6.08 Å². The lowest BCUT2D eigenvalue weighted by molar-refractivity contribution is -0.117. The molecule has 1 saturated heterocycles. The number of hydrogen-bond donors (Lipinski definition) is 1. The number of methoxy groups -OCH3 is 2. The summed E-state index contributed by atoms with van der Waals surface area (Å²) >= 11 is 11.9. The van der Waals surface area contributed by atoms with Gasteiger partial charge in [0.05, 0.1) is 30.0 Å². The maximum atomic E-state index is 12.7. The molecule has 0 saturated carbocycles. The number of carbonyl (C=O) groups excluding carboxylic acids is 2. The van der Waals surface area contributed by atoms with Crippen LogP contribution in [0.4, 0.5) is 5.69 Å². The molecule has 1 heterocycles. The lowest BCUT2D eigenvalue weighted by atomic mass is 10.1. The molecular formula is C18H14Cl2N2O4. The van der Waals surface area contributed by atoms with Crippen LogP contribution in [0, 0.1) is 0 Å². The lowest BCUT2D eigenvalue weighted by Gasteiger charge is -2.15. The zero-order valence-corrected chi connectivity index (χ0v) is 15.4. The Bertz CT molecular complexity index is 927. The van der Waals surface area contributed by atoms with Crippen LogP contribution in [0.2, 0.25) is 10.0 Å². The minimum atomic E-state index is -0.536. The van der Waals surface area contributed by atoms with E-state index in [1.807, 2.05) is 0 Å². The van der Waals surface area contributed by atoms with Crippen molar-refractivity contribution in [3.05, 3.63) is 57.6 Å². The van der Waals surface area contributed by atoms with E-state index in [4.69, 9.17) is 32.7 Å². The molecule has 26 heavy (non-hydrogen) atoms. The van der Waals surface area contributed by atoms with Gasteiger partial charge in [-0.05, 0) is 42.5 Å². The molecule has 2 aromatic carbocycles. The molecule has 0 bridgehead atoms. The monoisotopic (exact) mass is 392 g/mol. The number of carbonyl (C=O) groups is 2. The molecule has 1 aliphatic rings. The average Bonchev–Trinajstić information content (AvgIpc) is 2.92. The van der Waals surface area contributed by atoms with Crippen LogP contribution < -0.4 is 19.9 Å². The van der Waals surface area contributed by atoms with Gasteiger partial charge >= 0.3 is 0 Å². The molecule has 1 fully saturated rings. The van der Waals surface area contributed by atoms with Crippen LogP contribution in [0.5, 0.6) is 11.5 Å².